The van der Waals surface area contributed by atoms with Crippen LogP contribution in [0.5, 0.6) is 0 Å². The van der Waals surface area contributed by atoms with Gasteiger partial charge in [0.05, 0.1) is 11.6 Å². The van der Waals surface area contributed by atoms with Gasteiger partial charge >= 0.3 is 5.97 Å². The van der Waals surface area contributed by atoms with E-state index in [0.29, 0.717) is 10.8 Å². The molecule has 1 aromatic heterocycles. The first-order valence-corrected chi connectivity index (χ1v) is 4.18. The van der Waals surface area contributed by atoms with Crippen molar-refractivity contribution in [1.29, 1.82) is 0 Å². The van der Waals surface area contributed by atoms with E-state index in [2.05, 4.69) is 25.7 Å². The van der Waals surface area contributed by atoms with Gasteiger partial charge in [-0.1, -0.05) is 0 Å². The van der Waals surface area contributed by atoms with Crippen LogP contribution in [-0.4, -0.2) is 24.3 Å². The number of esters is 1. The van der Waals surface area contributed by atoms with Gasteiger partial charge in [-0.2, -0.15) is 0 Å². The Morgan fingerprint density at radius 2 is 2.31 bits per heavy atom. The molecule has 13 heavy (non-hydrogen) atoms. The predicted molar refractivity (Wildman–Crippen MR) is 48.7 cm³/mol. The summed E-state index contributed by atoms with van der Waals surface area (Å²) in [5.41, 5.74) is 0.302. The molecule has 0 saturated carbocycles. The van der Waals surface area contributed by atoms with E-state index in [1.807, 2.05) is 0 Å². The zero-order valence-corrected chi connectivity index (χ0v) is 8.37. The third-order valence-electron chi connectivity index (χ3n) is 1.37. The molecule has 0 spiro atoms. The minimum Gasteiger partial charge on any atom is -0.464 e. The summed E-state index contributed by atoms with van der Waals surface area (Å²) >= 11 is 3.12. The van der Waals surface area contributed by atoms with Crippen LogP contribution < -0.4 is 0 Å². The van der Waals surface area contributed by atoms with Crippen LogP contribution in [0.2, 0.25) is 0 Å². The summed E-state index contributed by atoms with van der Waals surface area (Å²) in [7, 11) is 1.25. The second-order valence-electron chi connectivity index (χ2n) is 2.18. The van der Waals surface area contributed by atoms with Crippen LogP contribution in [0.25, 0.3) is 0 Å². The van der Waals surface area contributed by atoms with Crippen LogP contribution >= 0.6 is 15.9 Å². The zero-order chi connectivity index (χ0) is 9.84. The molecule has 5 heteroatoms. The monoisotopic (exact) mass is 243 g/mol. The number of carbonyl (C=O) groups excluding carboxylic acids is 2. The van der Waals surface area contributed by atoms with E-state index in [-0.39, 0.29) is 11.4 Å². The van der Waals surface area contributed by atoms with Crippen molar-refractivity contribution in [2.24, 2.45) is 0 Å². The maximum absolute atomic E-state index is 11.1. The molecule has 0 unspecified atom stereocenters. The first-order valence-electron chi connectivity index (χ1n) is 3.39. The Hall–Kier alpha value is -1.23. The van der Waals surface area contributed by atoms with E-state index in [9.17, 15) is 9.59 Å². The van der Waals surface area contributed by atoms with Crippen LogP contribution in [-0.2, 0) is 4.74 Å². The van der Waals surface area contributed by atoms with Crippen molar-refractivity contribution in [1.82, 2.24) is 4.98 Å². The molecule has 0 saturated heterocycles. The fourth-order valence-corrected chi connectivity index (χ4v) is 1.15. The smallest absolute Gasteiger partial charge is 0.357 e. The number of pyridine rings is 1. The number of carbonyl (C=O) groups is 2. The number of aldehydes is 1. The molecule has 0 aliphatic carbocycles. The number of ether oxygens (including phenoxy) is 1. The lowest BCUT2D eigenvalue weighted by atomic mass is 10.3. The standard InChI is InChI=1S/C8H6BrNO3/c1-13-8(12)7-6(9)3-2-5(4-11)10-7/h2-4H,1H3. The third kappa shape index (κ3) is 2.12. The number of methoxy groups -OCH3 is 1. The molecule has 0 atom stereocenters. The molecule has 0 amide bonds. The second-order valence-corrected chi connectivity index (χ2v) is 3.03. The molecular formula is C8H6BrNO3. The number of aromatic nitrogens is 1. The summed E-state index contributed by atoms with van der Waals surface area (Å²) in [5.74, 6) is -0.574. The van der Waals surface area contributed by atoms with Gasteiger partial charge in [0.1, 0.15) is 5.69 Å². The Morgan fingerprint density at radius 3 is 2.85 bits per heavy atom. The topological polar surface area (TPSA) is 56.3 Å². The van der Waals surface area contributed by atoms with Gasteiger partial charge in [-0.15, -0.1) is 0 Å². The Bertz CT molecular complexity index is 351. The quantitative estimate of drug-likeness (QED) is 0.583. The highest BCUT2D eigenvalue weighted by molar-refractivity contribution is 9.10. The third-order valence-corrected chi connectivity index (χ3v) is 2.01. The van der Waals surface area contributed by atoms with Gasteiger partial charge < -0.3 is 4.74 Å². The fourth-order valence-electron chi connectivity index (χ4n) is 0.763. The minimum atomic E-state index is -0.574. The molecule has 0 N–H and O–H groups in total. The van der Waals surface area contributed by atoms with Crippen molar-refractivity contribution >= 4 is 28.2 Å². The maximum Gasteiger partial charge on any atom is 0.357 e. The molecule has 0 radical (unpaired) electrons. The van der Waals surface area contributed by atoms with E-state index in [1.54, 1.807) is 6.07 Å². The highest BCUT2D eigenvalue weighted by Crippen LogP contribution is 2.15. The summed E-state index contributed by atoms with van der Waals surface area (Å²) in [6.07, 6.45) is 0.568. The van der Waals surface area contributed by atoms with Crippen LogP contribution in [0.15, 0.2) is 16.6 Å². The molecule has 1 heterocycles. The Morgan fingerprint density at radius 1 is 1.62 bits per heavy atom. The zero-order valence-electron chi connectivity index (χ0n) is 6.78. The summed E-state index contributed by atoms with van der Waals surface area (Å²) < 4.78 is 4.97. The minimum absolute atomic E-state index is 0.104. The Kier molecular flexibility index (Phi) is 3.13. The van der Waals surface area contributed by atoms with E-state index in [0.717, 1.165) is 0 Å². The molecule has 68 valence electrons. The van der Waals surface area contributed by atoms with Gasteiger partial charge in [0, 0.05) is 0 Å². The average Bonchev–Trinajstić information content (AvgIpc) is 2.17. The van der Waals surface area contributed by atoms with Crippen LogP contribution in [0.1, 0.15) is 21.0 Å². The van der Waals surface area contributed by atoms with Crippen LogP contribution in [0.3, 0.4) is 0 Å². The van der Waals surface area contributed by atoms with Crippen molar-refractivity contribution in [2.45, 2.75) is 0 Å². The number of rotatable bonds is 2. The number of nitrogens with zero attached hydrogens (tertiary/aromatic N) is 1. The maximum atomic E-state index is 11.1. The van der Waals surface area contributed by atoms with Crippen molar-refractivity contribution in [3.8, 4) is 0 Å². The molecule has 0 bridgehead atoms. The molecule has 4 nitrogen and oxygen atoms in total. The van der Waals surface area contributed by atoms with Gasteiger partial charge in [-0.05, 0) is 28.1 Å². The van der Waals surface area contributed by atoms with Gasteiger partial charge in [-0.25, -0.2) is 9.78 Å². The molecule has 0 fully saturated rings. The first-order chi connectivity index (χ1) is 6.19. The molecule has 1 rings (SSSR count). The largest absolute Gasteiger partial charge is 0.464 e. The van der Waals surface area contributed by atoms with Crippen molar-refractivity contribution in [3.05, 3.63) is 28.0 Å². The molecule has 0 aliphatic heterocycles. The fraction of sp³-hybridized carbons (Fsp3) is 0.125. The summed E-state index contributed by atoms with van der Waals surface area (Å²) in [5, 5.41) is 0. The summed E-state index contributed by atoms with van der Waals surface area (Å²) in [6.45, 7) is 0. The summed E-state index contributed by atoms with van der Waals surface area (Å²) in [4.78, 5) is 25.2. The molecule has 1 aromatic rings. The lowest BCUT2D eigenvalue weighted by Gasteiger charge is -2.00. The van der Waals surface area contributed by atoms with Gasteiger partial charge in [-0.3, -0.25) is 4.79 Å². The Balaban J connectivity index is 3.18. The number of hydrogen-bond acceptors (Lipinski definition) is 4. The van der Waals surface area contributed by atoms with E-state index >= 15 is 0 Å². The van der Waals surface area contributed by atoms with Crippen LogP contribution in [0, 0.1) is 0 Å². The van der Waals surface area contributed by atoms with Crippen molar-refractivity contribution in [2.75, 3.05) is 7.11 Å². The van der Waals surface area contributed by atoms with Crippen molar-refractivity contribution < 1.29 is 14.3 Å². The number of halogens is 1. The van der Waals surface area contributed by atoms with E-state index in [1.165, 1.54) is 13.2 Å². The van der Waals surface area contributed by atoms with Crippen molar-refractivity contribution in [3.63, 3.8) is 0 Å². The normalized spacial score (nSPS) is 9.38. The molecule has 0 aliphatic rings. The first kappa shape index (κ1) is 9.85. The van der Waals surface area contributed by atoms with Gasteiger partial charge in [0.15, 0.2) is 12.0 Å². The summed E-state index contributed by atoms with van der Waals surface area (Å²) in [6, 6.07) is 3.08. The highest BCUT2D eigenvalue weighted by atomic mass is 79.9. The SMILES string of the molecule is COC(=O)c1nc(C=O)ccc1Br. The lowest BCUT2D eigenvalue weighted by molar-refractivity contribution is 0.0593. The predicted octanol–water partition coefficient (Wildman–Crippen LogP) is 1.44. The molecular weight excluding hydrogens is 238 g/mol. The van der Waals surface area contributed by atoms with E-state index < -0.39 is 5.97 Å². The average molecular weight is 244 g/mol. The lowest BCUT2D eigenvalue weighted by Crippen LogP contribution is -2.06. The van der Waals surface area contributed by atoms with E-state index in [4.69, 9.17) is 0 Å². The highest BCUT2D eigenvalue weighted by Gasteiger charge is 2.12. The molecule has 0 aromatic carbocycles. The number of hydrogen-bond donors (Lipinski definition) is 0. The van der Waals surface area contributed by atoms with Crippen LogP contribution in [0.4, 0.5) is 0 Å². The van der Waals surface area contributed by atoms with Gasteiger partial charge in [0.2, 0.25) is 0 Å². The Labute approximate surface area is 83.1 Å². The second kappa shape index (κ2) is 4.13. The van der Waals surface area contributed by atoms with Gasteiger partial charge in [0.25, 0.3) is 0 Å².